The summed E-state index contributed by atoms with van der Waals surface area (Å²) < 4.78 is 16.3. The summed E-state index contributed by atoms with van der Waals surface area (Å²) in [7, 11) is 0. The van der Waals surface area contributed by atoms with Crippen LogP contribution in [0.15, 0.2) is 42.5 Å². The number of aromatic nitrogens is 1. The Balaban J connectivity index is 1.49. The number of aryl methyl sites for hydroxylation is 1. The van der Waals surface area contributed by atoms with E-state index in [9.17, 15) is 9.59 Å². The Bertz CT molecular complexity index is 1190. The average Bonchev–Trinajstić information content (AvgIpc) is 3.29. The van der Waals surface area contributed by atoms with Crippen molar-refractivity contribution in [1.29, 1.82) is 0 Å². The van der Waals surface area contributed by atoms with E-state index in [1.165, 1.54) is 0 Å². The number of amides is 1. The second-order valence-electron chi connectivity index (χ2n) is 7.99. The fourth-order valence-corrected chi connectivity index (χ4v) is 4.02. The highest BCUT2D eigenvalue weighted by Gasteiger charge is 2.24. The first-order chi connectivity index (χ1) is 16.0. The van der Waals surface area contributed by atoms with E-state index in [-0.39, 0.29) is 19.2 Å². The van der Waals surface area contributed by atoms with Gasteiger partial charge in [0.05, 0.1) is 11.1 Å². The Kier molecular flexibility index (Phi) is 6.77. The molecule has 0 saturated heterocycles. The molecular weight excluding hydrogens is 420 g/mol. The van der Waals surface area contributed by atoms with E-state index in [2.05, 4.69) is 12.2 Å². The van der Waals surface area contributed by atoms with Crippen LogP contribution in [-0.2, 0) is 28.9 Å². The van der Waals surface area contributed by atoms with Crippen LogP contribution >= 0.6 is 0 Å². The van der Waals surface area contributed by atoms with E-state index in [0.29, 0.717) is 23.5 Å². The van der Waals surface area contributed by atoms with Crippen LogP contribution in [-0.4, -0.2) is 29.8 Å². The first-order valence-electron chi connectivity index (χ1n) is 11.3. The second kappa shape index (κ2) is 9.90. The molecule has 0 radical (unpaired) electrons. The second-order valence-corrected chi connectivity index (χ2v) is 7.99. The van der Waals surface area contributed by atoms with Crippen molar-refractivity contribution < 1.29 is 23.8 Å². The lowest BCUT2D eigenvalue weighted by Crippen LogP contribution is -2.35. The Morgan fingerprint density at radius 2 is 1.91 bits per heavy atom. The largest absolute Gasteiger partial charge is 0.454 e. The summed E-state index contributed by atoms with van der Waals surface area (Å²) in [4.78, 5) is 30.7. The molecule has 1 N–H and O–H groups in total. The van der Waals surface area contributed by atoms with Gasteiger partial charge in [0.15, 0.2) is 17.6 Å². The van der Waals surface area contributed by atoms with Crippen LogP contribution in [0.25, 0.3) is 10.9 Å². The molecule has 1 aromatic heterocycles. The van der Waals surface area contributed by atoms with Gasteiger partial charge in [-0.2, -0.15) is 0 Å². The van der Waals surface area contributed by atoms with Gasteiger partial charge < -0.3 is 19.5 Å². The number of carbonyl (C=O) groups excluding carboxylic acids is 2. The molecule has 0 unspecified atom stereocenters. The van der Waals surface area contributed by atoms with Gasteiger partial charge in [0.2, 0.25) is 6.79 Å². The maximum Gasteiger partial charge on any atom is 0.339 e. The number of hydrogen-bond donors (Lipinski definition) is 1. The summed E-state index contributed by atoms with van der Waals surface area (Å²) in [5.41, 5.74) is 3.91. The van der Waals surface area contributed by atoms with Crippen LogP contribution in [0.4, 0.5) is 0 Å². The minimum atomic E-state index is -0.947. The van der Waals surface area contributed by atoms with Gasteiger partial charge in [-0.1, -0.05) is 44.5 Å². The number of hydrogen-bond acceptors (Lipinski definition) is 6. The van der Waals surface area contributed by atoms with Crippen molar-refractivity contribution >= 4 is 22.8 Å². The van der Waals surface area contributed by atoms with Crippen LogP contribution in [0, 0.1) is 0 Å². The van der Waals surface area contributed by atoms with E-state index in [0.717, 1.165) is 40.6 Å². The van der Waals surface area contributed by atoms with Crippen LogP contribution < -0.4 is 14.8 Å². The molecule has 3 aromatic rings. The summed E-state index contributed by atoms with van der Waals surface area (Å²) in [6, 6.07) is 13.0. The van der Waals surface area contributed by atoms with Gasteiger partial charge in [-0.05, 0) is 49.1 Å². The van der Waals surface area contributed by atoms with Crippen molar-refractivity contribution in [3.63, 3.8) is 0 Å². The van der Waals surface area contributed by atoms with Gasteiger partial charge in [-0.15, -0.1) is 0 Å². The molecule has 0 bridgehead atoms. The number of carbonyl (C=O) groups is 2. The molecule has 172 valence electrons. The lowest BCUT2D eigenvalue weighted by Gasteiger charge is -2.18. The number of para-hydroxylation sites is 1. The Hall–Kier alpha value is -3.61. The quantitative estimate of drug-likeness (QED) is 0.516. The summed E-state index contributed by atoms with van der Waals surface area (Å²) in [6.45, 7) is 6.15. The third kappa shape index (κ3) is 4.77. The van der Waals surface area contributed by atoms with Crippen LogP contribution in [0.1, 0.15) is 54.4 Å². The molecule has 7 heteroatoms. The smallest absolute Gasteiger partial charge is 0.339 e. The molecule has 2 aromatic carbocycles. The van der Waals surface area contributed by atoms with Crippen molar-refractivity contribution in [1.82, 2.24) is 10.3 Å². The zero-order valence-corrected chi connectivity index (χ0v) is 19.1. The fraction of sp³-hybridized carbons (Fsp3) is 0.346. The highest BCUT2D eigenvalue weighted by atomic mass is 16.7. The predicted molar refractivity (Wildman–Crippen MR) is 124 cm³/mol. The summed E-state index contributed by atoms with van der Waals surface area (Å²) in [6.07, 6.45) is 1.41. The third-order valence-corrected chi connectivity index (χ3v) is 5.68. The number of nitrogens with one attached hydrogen (secondary N) is 1. The number of ether oxygens (including phenoxy) is 3. The van der Waals surface area contributed by atoms with Crippen LogP contribution in [0.2, 0.25) is 0 Å². The molecule has 1 aliphatic rings. The lowest BCUT2D eigenvalue weighted by molar-refractivity contribution is -0.129. The fourth-order valence-electron chi connectivity index (χ4n) is 4.02. The van der Waals surface area contributed by atoms with E-state index in [1.54, 1.807) is 6.92 Å². The zero-order chi connectivity index (χ0) is 23.4. The number of pyridine rings is 1. The van der Waals surface area contributed by atoms with Gasteiger partial charge in [0.25, 0.3) is 5.91 Å². The summed E-state index contributed by atoms with van der Waals surface area (Å²) in [5, 5.41) is 3.56. The standard InChI is InChI=1S/C26H28N2O5/c1-4-8-20-18(5-2)24(19-9-6-7-10-21(19)28-20)26(30)33-16(3)25(29)27-14-17-11-12-22-23(13-17)32-15-31-22/h6-7,9-13,16H,4-5,8,14-15H2,1-3H3,(H,27,29)/t16-/m1/s1. The van der Waals surface area contributed by atoms with E-state index in [4.69, 9.17) is 19.2 Å². The number of fused-ring (bicyclic) bond motifs is 2. The van der Waals surface area contributed by atoms with Crippen molar-refractivity contribution in [3.05, 3.63) is 64.8 Å². The van der Waals surface area contributed by atoms with E-state index >= 15 is 0 Å². The Labute approximate surface area is 193 Å². The molecule has 0 spiro atoms. The number of benzene rings is 2. The molecule has 1 aliphatic heterocycles. The van der Waals surface area contributed by atoms with Crippen molar-refractivity contribution in [2.75, 3.05) is 6.79 Å². The summed E-state index contributed by atoms with van der Waals surface area (Å²) >= 11 is 0. The number of rotatable bonds is 8. The summed E-state index contributed by atoms with van der Waals surface area (Å²) in [5.74, 6) is 0.464. The van der Waals surface area contributed by atoms with Gasteiger partial charge >= 0.3 is 5.97 Å². The SMILES string of the molecule is CCCc1nc2ccccc2c(C(=O)O[C@H](C)C(=O)NCc2ccc3c(c2)OCO3)c1CC. The molecular formula is C26H28N2O5. The monoisotopic (exact) mass is 448 g/mol. The van der Waals surface area contributed by atoms with Gasteiger partial charge in [-0.3, -0.25) is 9.78 Å². The normalized spacial score (nSPS) is 13.1. The Morgan fingerprint density at radius 3 is 2.70 bits per heavy atom. The third-order valence-electron chi connectivity index (χ3n) is 5.68. The van der Waals surface area contributed by atoms with Gasteiger partial charge in [0, 0.05) is 17.6 Å². The first-order valence-corrected chi connectivity index (χ1v) is 11.3. The molecule has 4 rings (SSSR count). The Morgan fingerprint density at radius 1 is 1.12 bits per heavy atom. The number of esters is 1. The average molecular weight is 449 g/mol. The highest BCUT2D eigenvalue weighted by molar-refractivity contribution is 6.05. The molecule has 0 saturated carbocycles. The first kappa shape index (κ1) is 22.6. The topological polar surface area (TPSA) is 86.8 Å². The molecule has 7 nitrogen and oxygen atoms in total. The van der Waals surface area contributed by atoms with Gasteiger partial charge in [-0.25, -0.2) is 4.79 Å². The van der Waals surface area contributed by atoms with Crippen molar-refractivity contribution in [2.24, 2.45) is 0 Å². The van der Waals surface area contributed by atoms with Crippen LogP contribution in [0.5, 0.6) is 11.5 Å². The zero-order valence-electron chi connectivity index (χ0n) is 19.1. The lowest BCUT2D eigenvalue weighted by atomic mass is 9.96. The molecule has 1 amide bonds. The minimum Gasteiger partial charge on any atom is -0.454 e. The minimum absolute atomic E-state index is 0.196. The maximum absolute atomic E-state index is 13.3. The molecule has 2 heterocycles. The van der Waals surface area contributed by atoms with Crippen molar-refractivity contribution in [2.45, 2.75) is 52.7 Å². The van der Waals surface area contributed by atoms with Crippen molar-refractivity contribution in [3.8, 4) is 11.5 Å². The predicted octanol–water partition coefficient (Wildman–Crippen LogP) is 4.34. The molecule has 1 atom stereocenters. The highest BCUT2D eigenvalue weighted by Crippen LogP contribution is 2.32. The van der Waals surface area contributed by atoms with E-state index < -0.39 is 12.1 Å². The van der Waals surface area contributed by atoms with Crippen LogP contribution in [0.3, 0.4) is 0 Å². The molecule has 33 heavy (non-hydrogen) atoms. The van der Waals surface area contributed by atoms with Gasteiger partial charge in [0.1, 0.15) is 0 Å². The molecule has 0 aliphatic carbocycles. The number of nitrogens with zero attached hydrogens (tertiary/aromatic N) is 1. The maximum atomic E-state index is 13.3. The van der Waals surface area contributed by atoms with E-state index in [1.807, 2.05) is 49.4 Å². The molecule has 0 fully saturated rings.